The van der Waals surface area contributed by atoms with E-state index in [0.29, 0.717) is 13.2 Å². The van der Waals surface area contributed by atoms with E-state index in [-0.39, 0.29) is 11.8 Å². The van der Waals surface area contributed by atoms with Gasteiger partial charge in [-0.1, -0.05) is 13.8 Å². The van der Waals surface area contributed by atoms with Crippen LogP contribution in [0.25, 0.3) is 0 Å². The summed E-state index contributed by atoms with van der Waals surface area (Å²) in [6.45, 7) is 7.89. The first kappa shape index (κ1) is 11.4. The van der Waals surface area contributed by atoms with Crippen LogP contribution in [0.2, 0.25) is 0 Å². The average molecular weight is 173 g/mol. The third kappa shape index (κ3) is 3.72. The third-order valence-corrected chi connectivity index (χ3v) is 1.75. The molecule has 0 unspecified atom stereocenters. The molecule has 12 heavy (non-hydrogen) atoms. The van der Waals surface area contributed by atoms with Crippen molar-refractivity contribution < 1.29 is 9.53 Å². The quantitative estimate of drug-likeness (QED) is 0.624. The first-order valence-electron chi connectivity index (χ1n) is 4.41. The molecule has 0 radical (unpaired) electrons. The largest absolute Gasteiger partial charge is 0.383 e. The lowest BCUT2D eigenvalue weighted by atomic mass is 10.2. The standard InChI is InChI=1S/C9H19NO2/c1-5-10(6-7-12-4)9(11)8(2)3/h8H,5-7H2,1-4H3. The number of methoxy groups -OCH3 is 1. The van der Waals surface area contributed by atoms with Crippen molar-refractivity contribution in [2.75, 3.05) is 26.8 Å². The maximum absolute atomic E-state index is 11.5. The number of ether oxygens (including phenoxy) is 1. The molecule has 3 heteroatoms. The van der Waals surface area contributed by atoms with Crippen LogP contribution in [-0.2, 0) is 9.53 Å². The van der Waals surface area contributed by atoms with Crippen molar-refractivity contribution in [2.24, 2.45) is 5.92 Å². The van der Waals surface area contributed by atoms with E-state index in [0.717, 1.165) is 6.54 Å². The van der Waals surface area contributed by atoms with Gasteiger partial charge in [0.25, 0.3) is 0 Å². The van der Waals surface area contributed by atoms with Crippen LogP contribution in [0.15, 0.2) is 0 Å². The van der Waals surface area contributed by atoms with E-state index in [1.807, 2.05) is 25.7 Å². The van der Waals surface area contributed by atoms with Gasteiger partial charge in [-0.15, -0.1) is 0 Å². The fourth-order valence-corrected chi connectivity index (χ4v) is 0.991. The Morgan fingerprint density at radius 2 is 2.08 bits per heavy atom. The molecular weight excluding hydrogens is 154 g/mol. The average Bonchev–Trinajstić information content (AvgIpc) is 2.05. The summed E-state index contributed by atoms with van der Waals surface area (Å²) >= 11 is 0. The molecular formula is C9H19NO2. The van der Waals surface area contributed by atoms with E-state index in [2.05, 4.69) is 0 Å². The number of likely N-dealkylation sites (N-methyl/N-ethyl adjacent to an activating group) is 1. The molecule has 0 bridgehead atoms. The molecule has 0 fully saturated rings. The van der Waals surface area contributed by atoms with Gasteiger partial charge in [-0.05, 0) is 6.92 Å². The SMILES string of the molecule is CCN(CCOC)C(=O)C(C)C. The maximum Gasteiger partial charge on any atom is 0.225 e. The van der Waals surface area contributed by atoms with E-state index in [1.165, 1.54) is 0 Å². The number of carbonyl (C=O) groups is 1. The summed E-state index contributed by atoms with van der Waals surface area (Å²) in [5, 5.41) is 0. The van der Waals surface area contributed by atoms with Crippen LogP contribution >= 0.6 is 0 Å². The van der Waals surface area contributed by atoms with E-state index in [9.17, 15) is 4.79 Å². The fraction of sp³-hybridized carbons (Fsp3) is 0.889. The summed E-state index contributed by atoms with van der Waals surface area (Å²) in [5.41, 5.74) is 0. The van der Waals surface area contributed by atoms with Gasteiger partial charge in [-0.2, -0.15) is 0 Å². The molecule has 0 atom stereocenters. The predicted octanol–water partition coefficient (Wildman–Crippen LogP) is 1.14. The highest BCUT2D eigenvalue weighted by atomic mass is 16.5. The second-order valence-electron chi connectivity index (χ2n) is 3.07. The first-order valence-corrected chi connectivity index (χ1v) is 4.41. The van der Waals surface area contributed by atoms with Gasteiger partial charge in [0.15, 0.2) is 0 Å². The number of hydrogen-bond acceptors (Lipinski definition) is 2. The molecule has 0 heterocycles. The second kappa shape index (κ2) is 6.00. The normalized spacial score (nSPS) is 10.4. The summed E-state index contributed by atoms with van der Waals surface area (Å²) in [7, 11) is 1.65. The van der Waals surface area contributed by atoms with Gasteiger partial charge in [-0.25, -0.2) is 0 Å². The third-order valence-electron chi connectivity index (χ3n) is 1.75. The number of amides is 1. The Bertz CT molecular complexity index is 134. The Morgan fingerprint density at radius 1 is 1.50 bits per heavy atom. The number of rotatable bonds is 5. The molecule has 0 aliphatic heterocycles. The molecule has 0 N–H and O–H groups in total. The number of carbonyl (C=O) groups excluding carboxylic acids is 1. The lowest BCUT2D eigenvalue weighted by Gasteiger charge is -2.22. The fourth-order valence-electron chi connectivity index (χ4n) is 0.991. The van der Waals surface area contributed by atoms with Crippen LogP contribution in [-0.4, -0.2) is 37.6 Å². The Morgan fingerprint density at radius 3 is 2.42 bits per heavy atom. The summed E-state index contributed by atoms with van der Waals surface area (Å²) in [5.74, 6) is 0.288. The van der Waals surface area contributed by atoms with Crippen molar-refractivity contribution in [3.05, 3.63) is 0 Å². The van der Waals surface area contributed by atoms with Crippen LogP contribution in [0.3, 0.4) is 0 Å². The molecule has 0 aliphatic carbocycles. The zero-order chi connectivity index (χ0) is 9.56. The lowest BCUT2D eigenvalue weighted by Crippen LogP contribution is -2.36. The molecule has 0 saturated carbocycles. The minimum Gasteiger partial charge on any atom is -0.383 e. The monoisotopic (exact) mass is 173 g/mol. The molecule has 0 aromatic rings. The molecule has 0 aromatic carbocycles. The Hall–Kier alpha value is -0.570. The topological polar surface area (TPSA) is 29.5 Å². The molecule has 3 nitrogen and oxygen atoms in total. The van der Waals surface area contributed by atoms with Crippen molar-refractivity contribution in [3.8, 4) is 0 Å². The summed E-state index contributed by atoms with van der Waals surface area (Å²) < 4.78 is 4.91. The summed E-state index contributed by atoms with van der Waals surface area (Å²) in [4.78, 5) is 13.3. The number of nitrogens with zero attached hydrogens (tertiary/aromatic N) is 1. The van der Waals surface area contributed by atoms with Gasteiger partial charge >= 0.3 is 0 Å². The van der Waals surface area contributed by atoms with Crippen LogP contribution in [0.1, 0.15) is 20.8 Å². The van der Waals surface area contributed by atoms with E-state index in [4.69, 9.17) is 4.74 Å². The predicted molar refractivity (Wildman–Crippen MR) is 49.0 cm³/mol. The Balaban J connectivity index is 3.88. The van der Waals surface area contributed by atoms with Gasteiger partial charge in [0, 0.05) is 26.1 Å². The molecule has 0 saturated heterocycles. The van der Waals surface area contributed by atoms with E-state index in [1.54, 1.807) is 7.11 Å². The van der Waals surface area contributed by atoms with Crippen molar-refractivity contribution in [1.82, 2.24) is 4.90 Å². The number of hydrogen-bond donors (Lipinski definition) is 0. The summed E-state index contributed by atoms with van der Waals surface area (Å²) in [6, 6.07) is 0. The zero-order valence-corrected chi connectivity index (χ0v) is 8.46. The molecule has 0 rings (SSSR count). The van der Waals surface area contributed by atoms with Crippen LogP contribution < -0.4 is 0 Å². The highest BCUT2D eigenvalue weighted by Crippen LogP contribution is 2.00. The van der Waals surface area contributed by atoms with E-state index >= 15 is 0 Å². The second-order valence-corrected chi connectivity index (χ2v) is 3.07. The van der Waals surface area contributed by atoms with Gasteiger partial charge < -0.3 is 9.64 Å². The Labute approximate surface area is 74.7 Å². The smallest absolute Gasteiger partial charge is 0.225 e. The highest BCUT2D eigenvalue weighted by Gasteiger charge is 2.14. The van der Waals surface area contributed by atoms with Crippen LogP contribution in [0.5, 0.6) is 0 Å². The molecule has 0 spiro atoms. The van der Waals surface area contributed by atoms with Crippen molar-refractivity contribution in [3.63, 3.8) is 0 Å². The van der Waals surface area contributed by atoms with Crippen molar-refractivity contribution >= 4 is 5.91 Å². The Kier molecular flexibility index (Phi) is 5.72. The first-order chi connectivity index (χ1) is 5.63. The van der Waals surface area contributed by atoms with Gasteiger partial charge in [0.05, 0.1) is 6.61 Å². The van der Waals surface area contributed by atoms with Crippen LogP contribution in [0.4, 0.5) is 0 Å². The van der Waals surface area contributed by atoms with Gasteiger partial charge in [0.2, 0.25) is 5.91 Å². The molecule has 1 amide bonds. The van der Waals surface area contributed by atoms with E-state index < -0.39 is 0 Å². The van der Waals surface area contributed by atoms with Crippen molar-refractivity contribution in [1.29, 1.82) is 0 Å². The minimum atomic E-state index is 0.0850. The maximum atomic E-state index is 11.5. The molecule has 0 aliphatic rings. The van der Waals surface area contributed by atoms with Gasteiger partial charge in [0.1, 0.15) is 0 Å². The lowest BCUT2D eigenvalue weighted by molar-refractivity contribution is -0.134. The zero-order valence-electron chi connectivity index (χ0n) is 8.46. The minimum absolute atomic E-state index is 0.0850. The molecule has 72 valence electrons. The van der Waals surface area contributed by atoms with Crippen LogP contribution in [0, 0.1) is 5.92 Å². The summed E-state index contributed by atoms with van der Waals surface area (Å²) in [6.07, 6.45) is 0. The van der Waals surface area contributed by atoms with Gasteiger partial charge in [-0.3, -0.25) is 4.79 Å². The molecule has 0 aromatic heterocycles. The van der Waals surface area contributed by atoms with Crippen molar-refractivity contribution in [2.45, 2.75) is 20.8 Å². The highest BCUT2D eigenvalue weighted by molar-refractivity contribution is 5.78.